The Bertz CT molecular complexity index is 582. The molecule has 0 amide bonds. The molecule has 0 spiro atoms. The second-order valence-electron chi connectivity index (χ2n) is 3.87. The fraction of sp³-hybridized carbons (Fsp3) is 0.308. The molecule has 0 saturated heterocycles. The fourth-order valence-corrected chi connectivity index (χ4v) is 2.34. The van der Waals surface area contributed by atoms with Crippen LogP contribution in [0.4, 0.5) is 0 Å². The summed E-state index contributed by atoms with van der Waals surface area (Å²) < 4.78 is 20.9. The number of benzene rings is 1. The van der Waals surface area contributed by atoms with Crippen molar-refractivity contribution in [1.82, 2.24) is 0 Å². The van der Waals surface area contributed by atoms with Gasteiger partial charge in [0.15, 0.2) is 17.6 Å². The van der Waals surface area contributed by atoms with Crippen LogP contribution in [-0.2, 0) is 9.53 Å². The third-order valence-electron chi connectivity index (χ3n) is 2.86. The second-order valence-corrected chi connectivity index (χ2v) is 4.66. The van der Waals surface area contributed by atoms with E-state index in [1.807, 2.05) is 0 Å². The minimum atomic E-state index is -0.813. The van der Waals surface area contributed by atoms with Crippen molar-refractivity contribution in [3.05, 3.63) is 27.8 Å². The third-order valence-corrected chi connectivity index (χ3v) is 3.70. The van der Waals surface area contributed by atoms with Crippen LogP contribution in [0.2, 0.25) is 0 Å². The van der Waals surface area contributed by atoms with Gasteiger partial charge in [0.25, 0.3) is 0 Å². The number of carbonyl (C=O) groups excluding carboxylic acids is 1. The molecule has 1 atom stereocenters. The van der Waals surface area contributed by atoms with E-state index in [0.717, 1.165) is 0 Å². The SMILES string of the molecule is COc1ccc(C2OC(=O)C(Cl)=C2Cl)c(OC)c1OC. The van der Waals surface area contributed by atoms with Gasteiger partial charge in [-0.1, -0.05) is 23.2 Å². The summed E-state index contributed by atoms with van der Waals surface area (Å²) in [6.07, 6.45) is -0.813. The van der Waals surface area contributed by atoms with Crippen molar-refractivity contribution in [2.24, 2.45) is 0 Å². The number of esters is 1. The second kappa shape index (κ2) is 5.81. The first-order valence-corrected chi connectivity index (χ1v) is 6.35. The highest BCUT2D eigenvalue weighted by atomic mass is 35.5. The molecule has 108 valence electrons. The van der Waals surface area contributed by atoms with Crippen LogP contribution < -0.4 is 14.2 Å². The molecule has 1 aromatic rings. The molecule has 5 nitrogen and oxygen atoms in total. The van der Waals surface area contributed by atoms with Gasteiger partial charge in [-0.2, -0.15) is 0 Å². The first kappa shape index (κ1) is 14.8. The number of cyclic esters (lactones) is 1. The van der Waals surface area contributed by atoms with Crippen LogP contribution in [0.15, 0.2) is 22.2 Å². The first-order chi connectivity index (χ1) is 9.54. The van der Waals surface area contributed by atoms with E-state index in [2.05, 4.69) is 0 Å². The van der Waals surface area contributed by atoms with Crippen LogP contribution in [-0.4, -0.2) is 27.3 Å². The maximum atomic E-state index is 11.5. The normalized spacial score (nSPS) is 18.1. The van der Waals surface area contributed by atoms with Gasteiger partial charge in [-0.25, -0.2) is 4.79 Å². The van der Waals surface area contributed by atoms with E-state index in [-0.39, 0.29) is 10.1 Å². The zero-order valence-electron chi connectivity index (χ0n) is 11.0. The molecule has 2 rings (SSSR count). The molecule has 1 aliphatic rings. The zero-order valence-corrected chi connectivity index (χ0v) is 12.5. The summed E-state index contributed by atoms with van der Waals surface area (Å²) in [5.74, 6) is 0.576. The number of rotatable bonds is 4. The number of ether oxygens (including phenoxy) is 4. The van der Waals surface area contributed by atoms with Gasteiger partial charge < -0.3 is 18.9 Å². The van der Waals surface area contributed by atoms with E-state index in [1.165, 1.54) is 21.3 Å². The van der Waals surface area contributed by atoms with E-state index in [4.69, 9.17) is 42.1 Å². The summed E-state index contributed by atoms with van der Waals surface area (Å²) in [6.45, 7) is 0. The van der Waals surface area contributed by atoms with Crippen LogP contribution in [0, 0.1) is 0 Å². The molecule has 0 saturated carbocycles. The smallest absolute Gasteiger partial charge is 0.352 e. The van der Waals surface area contributed by atoms with Crippen LogP contribution >= 0.6 is 23.2 Å². The number of methoxy groups -OCH3 is 3. The number of carbonyl (C=O) groups is 1. The van der Waals surface area contributed by atoms with Gasteiger partial charge in [-0.15, -0.1) is 0 Å². The van der Waals surface area contributed by atoms with Crippen LogP contribution in [0.5, 0.6) is 17.2 Å². The molecule has 1 aliphatic heterocycles. The van der Waals surface area contributed by atoms with Gasteiger partial charge in [-0.3, -0.25) is 0 Å². The molecule has 0 aliphatic carbocycles. The highest BCUT2D eigenvalue weighted by molar-refractivity contribution is 6.48. The Labute approximate surface area is 126 Å². The Morgan fingerprint density at radius 3 is 2.15 bits per heavy atom. The molecule has 0 fully saturated rings. The Balaban J connectivity index is 2.56. The van der Waals surface area contributed by atoms with Crippen molar-refractivity contribution in [2.75, 3.05) is 21.3 Å². The molecular formula is C13H12Cl2O5. The molecular weight excluding hydrogens is 307 g/mol. The Morgan fingerprint density at radius 2 is 1.70 bits per heavy atom. The summed E-state index contributed by atoms with van der Waals surface area (Å²) in [5, 5.41) is -0.0179. The Hall–Kier alpha value is -1.59. The predicted molar refractivity (Wildman–Crippen MR) is 73.7 cm³/mol. The lowest BCUT2D eigenvalue weighted by molar-refractivity contribution is -0.139. The van der Waals surface area contributed by atoms with Crippen molar-refractivity contribution in [1.29, 1.82) is 0 Å². The number of halogens is 2. The molecule has 0 radical (unpaired) electrons. The fourth-order valence-electron chi connectivity index (χ4n) is 1.95. The highest BCUT2D eigenvalue weighted by Gasteiger charge is 2.36. The lowest BCUT2D eigenvalue weighted by atomic mass is 10.1. The van der Waals surface area contributed by atoms with Gasteiger partial charge >= 0.3 is 5.97 Å². The topological polar surface area (TPSA) is 54.0 Å². The lowest BCUT2D eigenvalue weighted by Crippen LogP contribution is -2.06. The van der Waals surface area contributed by atoms with Crippen molar-refractivity contribution >= 4 is 29.2 Å². The molecule has 1 unspecified atom stereocenters. The summed E-state index contributed by atoms with van der Waals surface area (Å²) >= 11 is 11.8. The van der Waals surface area contributed by atoms with Crippen LogP contribution in [0.25, 0.3) is 0 Å². The number of hydrogen-bond donors (Lipinski definition) is 0. The molecule has 20 heavy (non-hydrogen) atoms. The summed E-state index contributed by atoms with van der Waals surface area (Å²) in [4.78, 5) is 11.5. The van der Waals surface area contributed by atoms with E-state index in [1.54, 1.807) is 12.1 Å². The van der Waals surface area contributed by atoms with Crippen molar-refractivity contribution in [3.8, 4) is 17.2 Å². The minimum Gasteiger partial charge on any atom is -0.493 e. The van der Waals surface area contributed by atoms with Gasteiger partial charge in [0, 0.05) is 5.56 Å². The molecule has 0 bridgehead atoms. The largest absolute Gasteiger partial charge is 0.493 e. The van der Waals surface area contributed by atoms with E-state index >= 15 is 0 Å². The summed E-state index contributed by atoms with van der Waals surface area (Å²) in [5.41, 5.74) is 0.527. The minimum absolute atomic E-state index is 0.113. The molecule has 0 aromatic heterocycles. The Kier molecular flexibility index (Phi) is 4.30. The zero-order chi connectivity index (χ0) is 14.9. The average Bonchev–Trinajstić information content (AvgIpc) is 2.72. The van der Waals surface area contributed by atoms with Crippen LogP contribution in [0.1, 0.15) is 11.7 Å². The summed E-state index contributed by atoms with van der Waals surface area (Å²) in [6, 6.07) is 3.34. The van der Waals surface area contributed by atoms with Gasteiger partial charge in [0.1, 0.15) is 5.03 Å². The van der Waals surface area contributed by atoms with Gasteiger partial charge in [0.05, 0.1) is 26.4 Å². The van der Waals surface area contributed by atoms with Gasteiger partial charge in [0.2, 0.25) is 5.75 Å². The summed E-state index contributed by atoms with van der Waals surface area (Å²) in [7, 11) is 4.46. The maximum absolute atomic E-state index is 11.5. The third kappa shape index (κ3) is 2.27. The standard InChI is InChI=1S/C13H12Cl2O5/c1-17-7-5-4-6(11(18-2)12(7)19-3)10-8(14)9(15)13(16)20-10/h4-5,10H,1-3H3. The first-order valence-electron chi connectivity index (χ1n) is 5.60. The molecule has 0 N–H and O–H groups in total. The van der Waals surface area contributed by atoms with Crippen molar-refractivity contribution in [2.45, 2.75) is 6.10 Å². The highest BCUT2D eigenvalue weighted by Crippen LogP contribution is 2.48. The van der Waals surface area contributed by atoms with Gasteiger partial charge in [-0.05, 0) is 12.1 Å². The molecule has 1 heterocycles. The lowest BCUT2D eigenvalue weighted by Gasteiger charge is -2.18. The number of hydrogen-bond acceptors (Lipinski definition) is 5. The quantitative estimate of drug-likeness (QED) is 0.799. The van der Waals surface area contributed by atoms with Crippen molar-refractivity contribution < 1.29 is 23.7 Å². The van der Waals surface area contributed by atoms with E-state index in [9.17, 15) is 4.79 Å². The molecule has 7 heteroatoms. The predicted octanol–water partition coefficient (Wildman–Crippen LogP) is 3.00. The van der Waals surface area contributed by atoms with Crippen LogP contribution in [0.3, 0.4) is 0 Å². The van der Waals surface area contributed by atoms with E-state index < -0.39 is 12.1 Å². The molecule has 1 aromatic carbocycles. The van der Waals surface area contributed by atoms with E-state index in [0.29, 0.717) is 22.8 Å². The van der Waals surface area contributed by atoms with Crippen molar-refractivity contribution in [3.63, 3.8) is 0 Å². The maximum Gasteiger partial charge on any atom is 0.352 e. The Morgan fingerprint density at radius 1 is 1.05 bits per heavy atom. The average molecular weight is 319 g/mol. The monoisotopic (exact) mass is 318 g/mol.